The van der Waals surface area contributed by atoms with Crippen LogP contribution in [0.1, 0.15) is 36.0 Å². The number of pyridine rings is 1. The van der Waals surface area contributed by atoms with E-state index in [1.165, 1.54) is 0 Å². The lowest BCUT2D eigenvalue weighted by Gasteiger charge is -1.99. The molecule has 1 heterocycles. The number of hydrogen-bond donors (Lipinski definition) is 1. The van der Waals surface area contributed by atoms with E-state index >= 15 is 0 Å². The molecule has 0 spiro atoms. The number of carbonyl (C=O) groups excluding carboxylic acids is 1. The summed E-state index contributed by atoms with van der Waals surface area (Å²) in [5, 5.41) is 0. The zero-order chi connectivity index (χ0) is 10.2. The fraction of sp³-hybridized carbons (Fsp3) is 0.455. The van der Waals surface area contributed by atoms with Crippen LogP contribution in [0.2, 0.25) is 0 Å². The minimum absolute atomic E-state index is 0. The topological polar surface area (TPSA) is 56.0 Å². The molecule has 0 unspecified atom stereocenters. The summed E-state index contributed by atoms with van der Waals surface area (Å²) in [6.07, 6.45) is 6.87. The molecule has 0 aliphatic rings. The van der Waals surface area contributed by atoms with Crippen molar-refractivity contribution in [2.75, 3.05) is 6.54 Å². The third kappa shape index (κ3) is 5.50. The molecule has 0 radical (unpaired) electrons. The maximum absolute atomic E-state index is 11.5. The highest BCUT2D eigenvalue weighted by Gasteiger charge is 2.03. The number of nitrogens with zero attached hydrogens (tertiary/aromatic N) is 1. The maximum Gasteiger partial charge on any atom is 0.162 e. The van der Waals surface area contributed by atoms with Gasteiger partial charge in [0.05, 0.1) is 0 Å². The Morgan fingerprint density at radius 3 is 2.47 bits per heavy atom. The average Bonchev–Trinajstić information content (AvgIpc) is 2.25. The summed E-state index contributed by atoms with van der Waals surface area (Å²) in [6, 6.07) is 3.51. The highest BCUT2D eigenvalue weighted by molar-refractivity contribution is 5.95. The molecule has 1 rings (SSSR count). The number of carbonyl (C=O) groups is 1. The molecule has 2 N–H and O–H groups in total. The quantitative estimate of drug-likeness (QED) is 0.600. The van der Waals surface area contributed by atoms with Gasteiger partial charge in [-0.15, -0.1) is 12.4 Å². The molecule has 4 heteroatoms. The lowest BCUT2D eigenvalue weighted by atomic mass is 10.1. The van der Waals surface area contributed by atoms with Crippen LogP contribution in [-0.2, 0) is 0 Å². The monoisotopic (exact) mass is 228 g/mol. The van der Waals surface area contributed by atoms with Crippen molar-refractivity contribution in [3.05, 3.63) is 30.1 Å². The van der Waals surface area contributed by atoms with E-state index in [-0.39, 0.29) is 18.2 Å². The second kappa shape index (κ2) is 8.38. The van der Waals surface area contributed by atoms with Gasteiger partial charge in [-0.05, 0) is 31.5 Å². The Morgan fingerprint density at radius 2 is 1.87 bits per heavy atom. The Hall–Kier alpha value is -0.930. The molecule has 1 aromatic heterocycles. The van der Waals surface area contributed by atoms with Crippen LogP contribution in [0.15, 0.2) is 24.5 Å². The van der Waals surface area contributed by atoms with Gasteiger partial charge in [-0.2, -0.15) is 0 Å². The van der Waals surface area contributed by atoms with Crippen LogP contribution in [0.5, 0.6) is 0 Å². The van der Waals surface area contributed by atoms with E-state index in [2.05, 4.69) is 4.98 Å². The molecule has 1 aromatic rings. The van der Waals surface area contributed by atoms with E-state index in [0.717, 1.165) is 24.8 Å². The van der Waals surface area contributed by atoms with Gasteiger partial charge in [0.15, 0.2) is 5.78 Å². The SMILES string of the molecule is Cl.NCCCCCC(=O)c1ccncc1. The summed E-state index contributed by atoms with van der Waals surface area (Å²) >= 11 is 0. The predicted molar refractivity (Wildman–Crippen MR) is 63.3 cm³/mol. The van der Waals surface area contributed by atoms with E-state index in [0.29, 0.717) is 13.0 Å². The Kier molecular flexibility index (Phi) is 7.86. The molecule has 0 aromatic carbocycles. The van der Waals surface area contributed by atoms with Crippen LogP contribution in [0.3, 0.4) is 0 Å². The second-order valence-corrected chi connectivity index (χ2v) is 3.26. The number of ketones is 1. The zero-order valence-corrected chi connectivity index (χ0v) is 9.50. The highest BCUT2D eigenvalue weighted by atomic mass is 35.5. The third-order valence-electron chi connectivity index (χ3n) is 2.11. The van der Waals surface area contributed by atoms with Crippen molar-refractivity contribution in [3.8, 4) is 0 Å². The first-order chi connectivity index (χ1) is 6.84. The summed E-state index contributed by atoms with van der Waals surface area (Å²) in [6.45, 7) is 0.712. The number of hydrogen-bond acceptors (Lipinski definition) is 3. The first kappa shape index (κ1) is 14.1. The van der Waals surface area contributed by atoms with Gasteiger partial charge in [-0.3, -0.25) is 9.78 Å². The summed E-state index contributed by atoms with van der Waals surface area (Å²) in [5.41, 5.74) is 6.12. The van der Waals surface area contributed by atoms with E-state index in [4.69, 9.17) is 5.73 Å². The number of nitrogens with two attached hydrogens (primary N) is 1. The smallest absolute Gasteiger partial charge is 0.162 e. The van der Waals surface area contributed by atoms with Gasteiger partial charge in [0, 0.05) is 24.4 Å². The van der Waals surface area contributed by atoms with Crippen LogP contribution in [0, 0.1) is 0 Å². The van der Waals surface area contributed by atoms with Crippen molar-refractivity contribution in [2.24, 2.45) is 5.73 Å². The molecule has 0 saturated heterocycles. The van der Waals surface area contributed by atoms with E-state index in [9.17, 15) is 4.79 Å². The molecule has 0 saturated carbocycles. The van der Waals surface area contributed by atoms with Gasteiger partial charge in [-0.1, -0.05) is 6.42 Å². The molecule has 0 bridgehead atoms. The van der Waals surface area contributed by atoms with Gasteiger partial charge >= 0.3 is 0 Å². The first-order valence-corrected chi connectivity index (χ1v) is 4.98. The van der Waals surface area contributed by atoms with Crippen LogP contribution in [0.4, 0.5) is 0 Å². The van der Waals surface area contributed by atoms with Crippen molar-refractivity contribution in [1.82, 2.24) is 4.98 Å². The predicted octanol–water partition coefficient (Wildman–Crippen LogP) is 2.21. The van der Waals surface area contributed by atoms with Crippen molar-refractivity contribution in [1.29, 1.82) is 0 Å². The van der Waals surface area contributed by atoms with Gasteiger partial charge in [-0.25, -0.2) is 0 Å². The molecule has 15 heavy (non-hydrogen) atoms. The molecular weight excluding hydrogens is 212 g/mol. The van der Waals surface area contributed by atoms with Crippen molar-refractivity contribution >= 4 is 18.2 Å². The first-order valence-electron chi connectivity index (χ1n) is 4.98. The highest BCUT2D eigenvalue weighted by Crippen LogP contribution is 2.06. The van der Waals surface area contributed by atoms with Gasteiger partial charge < -0.3 is 5.73 Å². The molecule has 3 nitrogen and oxygen atoms in total. The van der Waals surface area contributed by atoms with Crippen molar-refractivity contribution < 1.29 is 4.79 Å². The second-order valence-electron chi connectivity index (χ2n) is 3.26. The fourth-order valence-electron chi connectivity index (χ4n) is 1.29. The standard InChI is InChI=1S/C11H16N2O.ClH/c12-7-3-1-2-4-11(14)10-5-8-13-9-6-10;/h5-6,8-9H,1-4,7,12H2;1H. The Labute approximate surface area is 96.5 Å². The number of halogens is 1. The van der Waals surface area contributed by atoms with E-state index in [1.54, 1.807) is 24.5 Å². The summed E-state index contributed by atoms with van der Waals surface area (Å²) in [7, 11) is 0. The van der Waals surface area contributed by atoms with Gasteiger partial charge in [0.2, 0.25) is 0 Å². The number of rotatable bonds is 6. The lowest BCUT2D eigenvalue weighted by molar-refractivity contribution is 0.0979. The van der Waals surface area contributed by atoms with Crippen molar-refractivity contribution in [2.45, 2.75) is 25.7 Å². The van der Waals surface area contributed by atoms with Crippen molar-refractivity contribution in [3.63, 3.8) is 0 Å². The number of unbranched alkanes of at least 4 members (excludes halogenated alkanes) is 2. The Balaban J connectivity index is 0.00000196. The normalized spacial score (nSPS) is 9.40. The zero-order valence-electron chi connectivity index (χ0n) is 8.69. The number of Topliss-reactive ketones (excluding diaryl/α,β-unsaturated/α-hetero) is 1. The molecule has 0 fully saturated rings. The molecule has 84 valence electrons. The van der Waals surface area contributed by atoms with Crippen LogP contribution in [-0.4, -0.2) is 17.3 Å². The molecular formula is C11H17ClN2O. The Morgan fingerprint density at radius 1 is 1.20 bits per heavy atom. The van der Waals surface area contributed by atoms with Crippen LogP contribution >= 0.6 is 12.4 Å². The van der Waals surface area contributed by atoms with Crippen LogP contribution in [0.25, 0.3) is 0 Å². The van der Waals surface area contributed by atoms with E-state index in [1.807, 2.05) is 0 Å². The molecule has 0 aliphatic heterocycles. The van der Waals surface area contributed by atoms with E-state index < -0.39 is 0 Å². The van der Waals surface area contributed by atoms with Gasteiger partial charge in [0.25, 0.3) is 0 Å². The lowest BCUT2D eigenvalue weighted by Crippen LogP contribution is -2.01. The maximum atomic E-state index is 11.5. The largest absolute Gasteiger partial charge is 0.330 e. The summed E-state index contributed by atoms with van der Waals surface area (Å²) in [4.78, 5) is 15.4. The summed E-state index contributed by atoms with van der Waals surface area (Å²) in [5.74, 6) is 0.199. The average molecular weight is 229 g/mol. The summed E-state index contributed by atoms with van der Waals surface area (Å²) < 4.78 is 0. The Bertz CT molecular complexity index is 277. The third-order valence-corrected chi connectivity index (χ3v) is 2.11. The van der Waals surface area contributed by atoms with Gasteiger partial charge in [0.1, 0.15) is 0 Å². The molecule has 0 atom stereocenters. The van der Waals surface area contributed by atoms with Crippen LogP contribution < -0.4 is 5.73 Å². The minimum atomic E-state index is 0. The molecule has 0 aliphatic carbocycles. The molecule has 0 amide bonds. The minimum Gasteiger partial charge on any atom is -0.330 e. The number of aromatic nitrogens is 1. The fourth-order valence-corrected chi connectivity index (χ4v) is 1.29.